The predicted octanol–water partition coefficient (Wildman–Crippen LogP) is 2.15. The van der Waals surface area contributed by atoms with E-state index in [1.165, 1.54) is 0 Å². The maximum absolute atomic E-state index is 11.2. The van der Waals surface area contributed by atoms with Crippen LogP contribution in [0.3, 0.4) is 0 Å². The first-order valence-electron chi connectivity index (χ1n) is 4.31. The summed E-state index contributed by atoms with van der Waals surface area (Å²) >= 11 is 1.61. The second-order valence-electron chi connectivity index (χ2n) is 3.42. The minimum atomic E-state index is 0.0902. The Balaban J connectivity index is 2.16. The molecule has 3 heteroatoms. The van der Waals surface area contributed by atoms with Crippen molar-refractivity contribution >= 4 is 22.9 Å². The van der Waals surface area contributed by atoms with Crippen molar-refractivity contribution in [3.63, 3.8) is 0 Å². The average molecular weight is 194 g/mol. The molecule has 1 saturated carbocycles. The van der Waals surface area contributed by atoms with Crippen LogP contribution in [0.2, 0.25) is 0 Å². The molecule has 1 aliphatic carbocycles. The molecular weight excluding hydrogens is 184 g/mol. The Morgan fingerprint density at radius 3 is 2.46 bits per heavy atom. The molecule has 1 heterocycles. The Kier molecular flexibility index (Phi) is 2.27. The van der Waals surface area contributed by atoms with Crippen molar-refractivity contribution in [2.45, 2.75) is 25.2 Å². The molecule has 1 aromatic heterocycles. The van der Waals surface area contributed by atoms with Gasteiger partial charge in [-0.3, -0.25) is 9.59 Å². The number of carbonyl (C=O) groups is 2. The summed E-state index contributed by atoms with van der Waals surface area (Å²) in [5.74, 6) is 0.333. The van der Waals surface area contributed by atoms with Crippen LogP contribution in [-0.4, -0.2) is 11.6 Å². The monoisotopic (exact) mass is 194 g/mol. The first-order chi connectivity index (χ1) is 6.25. The molecule has 68 valence electrons. The minimum absolute atomic E-state index is 0.0902. The van der Waals surface area contributed by atoms with Crippen LogP contribution in [0.25, 0.3) is 0 Å². The number of carbonyl (C=O) groups excluding carboxylic acids is 2. The Morgan fingerprint density at radius 2 is 1.92 bits per heavy atom. The van der Waals surface area contributed by atoms with Gasteiger partial charge in [-0.25, -0.2) is 0 Å². The van der Waals surface area contributed by atoms with Gasteiger partial charge in [0.05, 0.1) is 6.42 Å². The number of Topliss-reactive ketones (excluding diaryl/α,β-unsaturated/α-hetero) is 2. The summed E-state index contributed by atoms with van der Waals surface area (Å²) < 4.78 is 0. The maximum Gasteiger partial charge on any atom is 0.140 e. The number of hydrogen-bond donors (Lipinski definition) is 0. The van der Waals surface area contributed by atoms with Gasteiger partial charge in [-0.15, -0.1) is 0 Å². The fourth-order valence-corrected chi connectivity index (χ4v) is 2.47. The topological polar surface area (TPSA) is 34.1 Å². The van der Waals surface area contributed by atoms with E-state index in [-0.39, 0.29) is 23.9 Å². The Hall–Kier alpha value is -0.960. The Labute approximate surface area is 80.6 Å². The molecule has 0 radical (unpaired) electrons. The van der Waals surface area contributed by atoms with Crippen LogP contribution < -0.4 is 0 Å². The fraction of sp³-hybridized carbons (Fsp3) is 0.400. The molecule has 0 spiro atoms. The molecule has 0 saturated heterocycles. The lowest BCUT2D eigenvalue weighted by Gasteiger charge is -2.18. The molecular formula is C10H10O2S. The molecule has 0 aliphatic heterocycles. The summed E-state index contributed by atoms with van der Waals surface area (Å²) in [5, 5.41) is 4.01. The zero-order valence-corrected chi connectivity index (χ0v) is 7.97. The van der Waals surface area contributed by atoms with Gasteiger partial charge in [0.2, 0.25) is 0 Å². The van der Waals surface area contributed by atoms with Gasteiger partial charge in [-0.1, -0.05) is 0 Å². The predicted molar refractivity (Wildman–Crippen MR) is 50.9 cm³/mol. The molecule has 0 bridgehead atoms. The lowest BCUT2D eigenvalue weighted by Crippen LogP contribution is -2.20. The van der Waals surface area contributed by atoms with E-state index in [4.69, 9.17) is 0 Å². The van der Waals surface area contributed by atoms with Crippen LogP contribution in [0.1, 0.15) is 30.7 Å². The van der Waals surface area contributed by atoms with Crippen molar-refractivity contribution in [2.75, 3.05) is 0 Å². The smallest absolute Gasteiger partial charge is 0.140 e. The van der Waals surface area contributed by atoms with Crippen molar-refractivity contribution in [1.82, 2.24) is 0 Å². The Bertz CT molecular complexity index is 311. The van der Waals surface area contributed by atoms with E-state index < -0.39 is 0 Å². The second-order valence-corrected chi connectivity index (χ2v) is 4.20. The molecule has 0 amide bonds. The number of thiophene rings is 1. The van der Waals surface area contributed by atoms with E-state index in [9.17, 15) is 9.59 Å². The third-order valence-corrected chi connectivity index (χ3v) is 3.06. The molecule has 0 unspecified atom stereocenters. The van der Waals surface area contributed by atoms with Crippen LogP contribution >= 0.6 is 11.3 Å². The molecule has 1 aromatic rings. The van der Waals surface area contributed by atoms with Gasteiger partial charge < -0.3 is 0 Å². The molecule has 0 aromatic carbocycles. The third kappa shape index (κ3) is 1.86. The molecule has 1 aliphatic rings. The largest absolute Gasteiger partial charge is 0.299 e. The van der Waals surface area contributed by atoms with Gasteiger partial charge in [0.1, 0.15) is 11.6 Å². The zero-order valence-electron chi connectivity index (χ0n) is 7.16. The van der Waals surface area contributed by atoms with Gasteiger partial charge in [0.15, 0.2) is 0 Å². The zero-order chi connectivity index (χ0) is 9.26. The summed E-state index contributed by atoms with van der Waals surface area (Å²) in [7, 11) is 0. The lowest BCUT2D eigenvalue weighted by atomic mass is 9.84. The Morgan fingerprint density at radius 1 is 1.23 bits per heavy atom. The number of rotatable bonds is 1. The van der Waals surface area contributed by atoms with Gasteiger partial charge in [0.25, 0.3) is 0 Å². The summed E-state index contributed by atoms with van der Waals surface area (Å²) in [6, 6.07) is 2.00. The molecule has 1 fully saturated rings. The van der Waals surface area contributed by atoms with Gasteiger partial charge in [-0.2, -0.15) is 11.3 Å². The van der Waals surface area contributed by atoms with Crippen LogP contribution in [0, 0.1) is 0 Å². The van der Waals surface area contributed by atoms with Crippen LogP contribution in [0.15, 0.2) is 16.8 Å². The van der Waals surface area contributed by atoms with Crippen molar-refractivity contribution in [2.24, 2.45) is 0 Å². The van der Waals surface area contributed by atoms with Crippen molar-refractivity contribution < 1.29 is 9.59 Å². The summed E-state index contributed by atoms with van der Waals surface area (Å²) in [6.07, 6.45) is 1.24. The van der Waals surface area contributed by atoms with Crippen LogP contribution in [-0.2, 0) is 9.59 Å². The molecule has 0 atom stereocenters. The fourth-order valence-electron chi connectivity index (χ4n) is 1.73. The quantitative estimate of drug-likeness (QED) is 0.642. The van der Waals surface area contributed by atoms with Crippen molar-refractivity contribution in [3.05, 3.63) is 22.4 Å². The van der Waals surface area contributed by atoms with E-state index in [0.717, 1.165) is 5.56 Å². The highest BCUT2D eigenvalue weighted by Gasteiger charge is 2.26. The number of hydrogen-bond acceptors (Lipinski definition) is 3. The van der Waals surface area contributed by atoms with E-state index in [0.29, 0.717) is 12.8 Å². The summed E-state index contributed by atoms with van der Waals surface area (Å²) in [4.78, 5) is 22.3. The number of ketones is 2. The van der Waals surface area contributed by atoms with Gasteiger partial charge in [-0.05, 0) is 28.3 Å². The SMILES string of the molecule is O=C1CC(=O)CC(c2ccsc2)C1. The van der Waals surface area contributed by atoms with E-state index in [1.807, 2.05) is 16.8 Å². The van der Waals surface area contributed by atoms with Crippen molar-refractivity contribution in [1.29, 1.82) is 0 Å². The normalized spacial score (nSPS) is 19.4. The van der Waals surface area contributed by atoms with E-state index in [1.54, 1.807) is 11.3 Å². The average Bonchev–Trinajstić information content (AvgIpc) is 2.53. The molecule has 0 N–H and O–H groups in total. The highest BCUT2D eigenvalue weighted by molar-refractivity contribution is 7.08. The summed E-state index contributed by atoms with van der Waals surface area (Å²) in [6.45, 7) is 0. The first-order valence-corrected chi connectivity index (χ1v) is 5.25. The van der Waals surface area contributed by atoms with Gasteiger partial charge >= 0.3 is 0 Å². The third-order valence-electron chi connectivity index (χ3n) is 2.36. The molecule has 2 rings (SSSR count). The highest BCUT2D eigenvalue weighted by Crippen LogP contribution is 2.30. The molecule has 2 nitrogen and oxygen atoms in total. The summed E-state index contributed by atoms with van der Waals surface area (Å²) in [5.41, 5.74) is 1.14. The molecule has 13 heavy (non-hydrogen) atoms. The second kappa shape index (κ2) is 3.42. The van der Waals surface area contributed by atoms with Gasteiger partial charge in [0, 0.05) is 12.8 Å². The van der Waals surface area contributed by atoms with E-state index in [2.05, 4.69) is 0 Å². The highest BCUT2D eigenvalue weighted by atomic mass is 32.1. The van der Waals surface area contributed by atoms with Crippen LogP contribution in [0.4, 0.5) is 0 Å². The lowest BCUT2D eigenvalue weighted by molar-refractivity contribution is -0.130. The first kappa shape index (κ1) is 8.63. The van der Waals surface area contributed by atoms with Crippen LogP contribution in [0.5, 0.6) is 0 Å². The maximum atomic E-state index is 11.2. The van der Waals surface area contributed by atoms with E-state index >= 15 is 0 Å². The minimum Gasteiger partial charge on any atom is -0.299 e. The standard InChI is InChI=1S/C10H10O2S/c11-9-3-8(4-10(12)5-9)7-1-2-13-6-7/h1-2,6,8H,3-5H2. The van der Waals surface area contributed by atoms with Crippen molar-refractivity contribution in [3.8, 4) is 0 Å².